The zero-order chi connectivity index (χ0) is 13.8. The van der Waals surface area contributed by atoms with Crippen LogP contribution in [0.2, 0.25) is 0 Å². The number of nitrogens with zero attached hydrogens (tertiary/aromatic N) is 1. The summed E-state index contributed by atoms with van der Waals surface area (Å²) in [5, 5.41) is 11.8. The molecule has 0 saturated heterocycles. The van der Waals surface area contributed by atoms with Gasteiger partial charge in [0.15, 0.2) is 0 Å². The van der Waals surface area contributed by atoms with Crippen molar-refractivity contribution >= 4 is 17.6 Å². The third-order valence-corrected chi connectivity index (χ3v) is 2.49. The Kier molecular flexibility index (Phi) is 3.56. The van der Waals surface area contributed by atoms with Gasteiger partial charge in [-0.1, -0.05) is 12.1 Å². The topological polar surface area (TPSA) is 79.3 Å². The summed E-state index contributed by atoms with van der Waals surface area (Å²) in [6.07, 6.45) is 1.53. The quantitative estimate of drug-likeness (QED) is 0.883. The number of carbonyl (C=O) groups excluding carboxylic acids is 1. The molecular formula is C14H12N2O3. The van der Waals surface area contributed by atoms with Gasteiger partial charge in [-0.25, -0.2) is 4.79 Å². The molecule has 1 heterocycles. The van der Waals surface area contributed by atoms with Crippen LogP contribution in [0.25, 0.3) is 11.3 Å². The van der Waals surface area contributed by atoms with Crippen molar-refractivity contribution < 1.29 is 14.7 Å². The molecule has 1 amide bonds. The predicted molar refractivity (Wildman–Crippen MR) is 70.9 cm³/mol. The van der Waals surface area contributed by atoms with Gasteiger partial charge >= 0.3 is 5.97 Å². The number of aromatic nitrogens is 1. The van der Waals surface area contributed by atoms with Crippen molar-refractivity contribution in [2.75, 3.05) is 5.32 Å². The number of hydrogen-bond acceptors (Lipinski definition) is 3. The van der Waals surface area contributed by atoms with E-state index in [9.17, 15) is 9.59 Å². The van der Waals surface area contributed by atoms with E-state index in [1.807, 2.05) is 0 Å². The molecule has 19 heavy (non-hydrogen) atoms. The van der Waals surface area contributed by atoms with Crippen LogP contribution in [0.1, 0.15) is 17.3 Å². The number of benzene rings is 1. The highest BCUT2D eigenvalue weighted by atomic mass is 16.4. The van der Waals surface area contributed by atoms with Crippen LogP contribution in [0.3, 0.4) is 0 Å². The lowest BCUT2D eigenvalue weighted by atomic mass is 10.1. The zero-order valence-electron chi connectivity index (χ0n) is 10.3. The summed E-state index contributed by atoms with van der Waals surface area (Å²) < 4.78 is 0. The van der Waals surface area contributed by atoms with E-state index < -0.39 is 5.97 Å². The molecule has 0 atom stereocenters. The summed E-state index contributed by atoms with van der Waals surface area (Å²) in [5.41, 5.74) is 1.75. The van der Waals surface area contributed by atoms with Gasteiger partial charge < -0.3 is 10.4 Å². The number of rotatable bonds is 3. The van der Waals surface area contributed by atoms with Gasteiger partial charge in [0.1, 0.15) is 0 Å². The Morgan fingerprint density at radius 1 is 1.21 bits per heavy atom. The fourth-order valence-corrected chi connectivity index (χ4v) is 1.76. The van der Waals surface area contributed by atoms with E-state index in [2.05, 4.69) is 10.3 Å². The molecule has 96 valence electrons. The molecule has 5 heteroatoms. The number of carbonyl (C=O) groups is 2. The first-order chi connectivity index (χ1) is 9.08. The molecule has 0 saturated carbocycles. The SMILES string of the molecule is CC(=O)Nc1cccc(-c2ncccc2C(=O)O)c1. The van der Waals surface area contributed by atoms with Crippen LogP contribution in [0, 0.1) is 0 Å². The Morgan fingerprint density at radius 2 is 2.00 bits per heavy atom. The number of amides is 1. The fourth-order valence-electron chi connectivity index (χ4n) is 1.76. The van der Waals surface area contributed by atoms with E-state index in [4.69, 9.17) is 5.11 Å². The first kappa shape index (κ1) is 12.8. The fraction of sp³-hybridized carbons (Fsp3) is 0.0714. The standard InChI is InChI=1S/C14H12N2O3/c1-9(17)16-11-5-2-4-10(8-11)13-12(14(18)19)6-3-7-15-13/h2-8H,1H3,(H,16,17)(H,18,19). The van der Waals surface area contributed by atoms with Crippen LogP contribution in [0.15, 0.2) is 42.6 Å². The minimum absolute atomic E-state index is 0.127. The molecular weight excluding hydrogens is 244 g/mol. The number of carboxylic acid groups (broad SMARTS) is 1. The minimum Gasteiger partial charge on any atom is -0.478 e. The first-order valence-corrected chi connectivity index (χ1v) is 5.64. The molecule has 2 aromatic rings. The smallest absolute Gasteiger partial charge is 0.337 e. The van der Waals surface area contributed by atoms with Crippen LogP contribution in [0.5, 0.6) is 0 Å². The predicted octanol–water partition coefficient (Wildman–Crippen LogP) is 2.41. The van der Waals surface area contributed by atoms with Gasteiger partial charge in [0.05, 0.1) is 11.3 Å². The van der Waals surface area contributed by atoms with Crippen molar-refractivity contribution in [2.45, 2.75) is 6.92 Å². The Balaban J connectivity index is 2.47. The average Bonchev–Trinajstić information content (AvgIpc) is 2.38. The molecule has 0 aliphatic carbocycles. The summed E-state index contributed by atoms with van der Waals surface area (Å²) >= 11 is 0. The van der Waals surface area contributed by atoms with Crippen molar-refractivity contribution in [3.05, 3.63) is 48.2 Å². The Hall–Kier alpha value is -2.69. The maximum absolute atomic E-state index is 11.1. The highest BCUT2D eigenvalue weighted by Crippen LogP contribution is 2.24. The van der Waals surface area contributed by atoms with Crippen LogP contribution in [-0.4, -0.2) is 22.0 Å². The highest BCUT2D eigenvalue weighted by Gasteiger charge is 2.12. The van der Waals surface area contributed by atoms with Gasteiger partial charge in [0, 0.05) is 24.4 Å². The minimum atomic E-state index is -1.03. The average molecular weight is 256 g/mol. The van der Waals surface area contributed by atoms with E-state index in [1.165, 1.54) is 19.2 Å². The van der Waals surface area contributed by atoms with Crippen molar-refractivity contribution in [2.24, 2.45) is 0 Å². The normalized spacial score (nSPS) is 9.95. The maximum atomic E-state index is 11.1. The maximum Gasteiger partial charge on any atom is 0.337 e. The molecule has 1 aromatic heterocycles. The summed E-state index contributed by atoms with van der Waals surface area (Å²) in [4.78, 5) is 26.3. The van der Waals surface area contributed by atoms with Gasteiger partial charge in [-0.2, -0.15) is 0 Å². The monoisotopic (exact) mass is 256 g/mol. The molecule has 0 aliphatic rings. The van der Waals surface area contributed by atoms with Crippen LogP contribution in [0.4, 0.5) is 5.69 Å². The van der Waals surface area contributed by atoms with Crippen molar-refractivity contribution in [3.63, 3.8) is 0 Å². The second-order valence-electron chi connectivity index (χ2n) is 3.97. The summed E-state index contributed by atoms with van der Waals surface area (Å²) in [5.74, 6) is -1.22. The van der Waals surface area contributed by atoms with E-state index >= 15 is 0 Å². The largest absolute Gasteiger partial charge is 0.478 e. The van der Waals surface area contributed by atoms with Gasteiger partial charge in [0.2, 0.25) is 5.91 Å². The second kappa shape index (κ2) is 5.30. The number of nitrogens with one attached hydrogen (secondary N) is 1. The Bertz CT molecular complexity index is 638. The molecule has 0 fully saturated rings. The van der Waals surface area contributed by atoms with Gasteiger partial charge in [-0.05, 0) is 24.3 Å². The summed E-state index contributed by atoms with van der Waals surface area (Å²) in [7, 11) is 0. The number of aromatic carboxylic acids is 1. The van der Waals surface area contributed by atoms with Crippen molar-refractivity contribution in [1.29, 1.82) is 0 Å². The Labute approximate surface area is 109 Å². The first-order valence-electron chi connectivity index (χ1n) is 5.64. The molecule has 0 unspecified atom stereocenters. The molecule has 2 rings (SSSR count). The van der Waals surface area contributed by atoms with E-state index in [1.54, 1.807) is 30.3 Å². The number of anilines is 1. The molecule has 0 aliphatic heterocycles. The summed E-state index contributed by atoms with van der Waals surface area (Å²) in [6, 6.07) is 9.98. The lowest BCUT2D eigenvalue weighted by Crippen LogP contribution is -2.06. The van der Waals surface area contributed by atoms with E-state index in [0.717, 1.165) is 0 Å². The van der Waals surface area contributed by atoms with Gasteiger partial charge in [0.25, 0.3) is 0 Å². The molecule has 0 spiro atoms. The van der Waals surface area contributed by atoms with E-state index in [0.29, 0.717) is 16.9 Å². The zero-order valence-corrected chi connectivity index (χ0v) is 10.3. The molecule has 1 aromatic carbocycles. The number of pyridine rings is 1. The highest BCUT2D eigenvalue weighted by molar-refractivity contribution is 5.95. The van der Waals surface area contributed by atoms with Crippen molar-refractivity contribution in [3.8, 4) is 11.3 Å². The second-order valence-corrected chi connectivity index (χ2v) is 3.97. The van der Waals surface area contributed by atoms with E-state index in [-0.39, 0.29) is 11.5 Å². The third kappa shape index (κ3) is 2.95. The molecule has 2 N–H and O–H groups in total. The van der Waals surface area contributed by atoms with Gasteiger partial charge in [-0.15, -0.1) is 0 Å². The van der Waals surface area contributed by atoms with Crippen LogP contribution < -0.4 is 5.32 Å². The van der Waals surface area contributed by atoms with Crippen molar-refractivity contribution in [1.82, 2.24) is 4.98 Å². The third-order valence-electron chi connectivity index (χ3n) is 2.49. The summed E-state index contributed by atoms with van der Waals surface area (Å²) in [6.45, 7) is 1.41. The van der Waals surface area contributed by atoms with Crippen LogP contribution in [-0.2, 0) is 4.79 Å². The number of carboxylic acids is 1. The molecule has 0 radical (unpaired) electrons. The Morgan fingerprint density at radius 3 is 2.68 bits per heavy atom. The lowest BCUT2D eigenvalue weighted by molar-refractivity contribution is -0.114. The molecule has 5 nitrogen and oxygen atoms in total. The lowest BCUT2D eigenvalue weighted by Gasteiger charge is -2.07. The molecule has 0 bridgehead atoms. The van der Waals surface area contributed by atoms with Crippen LogP contribution >= 0.6 is 0 Å². The van der Waals surface area contributed by atoms with Gasteiger partial charge in [-0.3, -0.25) is 9.78 Å². The number of hydrogen-bond donors (Lipinski definition) is 2.